The molecule has 0 radical (unpaired) electrons. The van der Waals surface area contributed by atoms with E-state index in [1.54, 1.807) is 0 Å². The predicted octanol–water partition coefficient (Wildman–Crippen LogP) is 3.78. The largest absolute Gasteiger partial charge is 0.492 e. The molecule has 1 aromatic carbocycles. The lowest BCUT2D eigenvalue weighted by molar-refractivity contribution is 0.179. The van der Waals surface area contributed by atoms with Gasteiger partial charge in [0.1, 0.15) is 5.75 Å². The van der Waals surface area contributed by atoms with Gasteiger partial charge in [-0.15, -0.1) is 0 Å². The molecule has 76 valence electrons. The minimum absolute atomic E-state index is 0.812. The Hall–Kier alpha value is -0.250. The third kappa shape index (κ3) is 2.41. The van der Waals surface area contributed by atoms with Crippen LogP contribution in [0.4, 0.5) is 0 Å². The molecule has 0 atom stereocenters. The summed E-state index contributed by atoms with van der Waals surface area (Å²) in [5.41, 5.74) is 1.30. The second kappa shape index (κ2) is 4.51. The van der Waals surface area contributed by atoms with Crippen LogP contribution in [-0.4, -0.2) is 6.61 Å². The Labute approximate surface area is 99.0 Å². The molecule has 0 aliphatic heterocycles. The first kappa shape index (κ1) is 10.3. The van der Waals surface area contributed by atoms with E-state index in [-0.39, 0.29) is 0 Å². The Morgan fingerprint density at radius 1 is 1.43 bits per heavy atom. The van der Waals surface area contributed by atoms with Crippen molar-refractivity contribution in [3.63, 3.8) is 0 Å². The van der Waals surface area contributed by atoms with Gasteiger partial charge in [-0.3, -0.25) is 0 Å². The van der Waals surface area contributed by atoms with E-state index < -0.39 is 0 Å². The highest BCUT2D eigenvalue weighted by Gasteiger charge is 2.18. The van der Waals surface area contributed by atoms with E-state index >= 15 is 0 Å². The molecular weight excluding hydrogens is 287 g/mol. The minimum atomic E-state index is 0.812. The van der Waals surface area contributed by atoms with Crippen molar-refractivity contribution in [2.45, 2.75) is 26.2 Å². The van der Waals surface area contributed by atoms with Crippen molar-refractivity contribution in [2.24, 2.45) is 5.92 Å². The van der Waals surface area contributed by atoms with Gasteiger partial charge in [0, 0.05) is 0 Å². The lowest BCUT2D eigenvalue weighted by Crippen LogP contribution is -2.19. The topological polar surface area (TPSA) is 9.23 Å². The number of hydrogen-bond donors (Lipinski definition) is 0. The summed E-state index contributed by atoms with van der Waals surface area (Å²) in [6, 6.07) is 6.35. The first-order valence-electron chi connectivity index (χ1n) is 5.14. The molecule has 1 fully saturated rings. The third-order valence-corrected chi connectivity index (χ3v) is 3.63. The summed E-state index contributed by atoms with van der Waals surface area (Å²) in [6.07, 6.45) is 4.09. The summed E-state index contributed by atoms with van der Waals surface area (Å²) < 4.78 is 7.01. The Morgan fingerprint density at radius 3 is 2.79 bits per heavy atom. The molecule has 2 heteroatoms. The standard InChI is InChI=1S/C12H15IO/c1-9-5-6-12(11(13)7-9)14-8-10-3-2-4-10/h5-7,10H,2-4,8H2,1H3. The van der Waals surface area contributed by atoms with Crippen LogP contribution in [-0.2, 0) is 0 Å². The van der Waals surface area contributed by atoms with Crippen molar-refractivity contribution in [3.05, 3.63) is 27.3 Å². The highest BCUT2D eigenvalue weighted by molar-refractivity contribution is 14.1. The molecule has 1 aromatic rings. The summed E-state index contributed by atoms with van der Waals surface area (Å²) >= 11 is 2.34. The van der Waals surface area contributed by atoms with Crippen molar-refractivity contribution in [2.75, 3.05) is 6.61 Å². The van der Waals surface area contributed by atoms with Gasteiger partial charge in [-0.2, -0.15) is 0 Å². The van der Waals surface area contributed by atoms with Crippen LogP contribution < -0.4 is 4.74 Å². The molecule has 0 unspecified atom stereocenters. The van der Waals surface area contributed by atoms with E-state index in [1.165, 1.54) is 28.4 Å². The highest BCUT2D eigenvalue weighted by Crippen LogP contribution is 2.28. The van der Waals surface area contributed by atoms with Gasteiger partial charge in [0.15, 0.2) is 0 Å². The zero-order valence-electron chi connectivity index (χ0n) is 8.42. The summed E-state index contributed by atoms with van der Waals surface area (Å²) in [4.78, 5) is 0. The Balaban J connectivity index is 1.94. The van der Waals surface area contributed by atoms with Crippen LogP contribution in [0.25, 0.3) is 0 Å². The molecule has 1 saturated carbocycles. The van der Waals surface area contributed by atoms with Crippen molar-refractivity contribution in [1.82, 2.24) is 0 Å². The van der Waals surface area contributed by atoms with Crippen LogP contribution in [0.5, 0.6) is 5.75 Å². The number of halogens is 1. The SMILES string of the molecule is Cc1ccc(OCC2CCC2)c(I)c1. The number of aryl methyl sites for hydroxylation is 1. The fourth-order valence-electron chi connectivity index (χ4n) is 1.59. The Bertz CT molecular complexity index is 318. The molecule has 1 aliphatic rings. The molecule has 0 saturated heterocycles. The average Bonchev–Trinajstić information content (AvgIpc) is 2.05. The molecule has 0 N–H and O–H groups in total. The van der Waals surface area contributed by atoms with E-state index in [2.05, 4.69) is 47.7 Å². The van der Waals surface area contributed by atoms with Gasteiger partial charge in [-0.25, -0.2) is 0 Å². The molecule has 0 spiro atoms. The van der Waals surface area contributed by atoms with E-state index in [1.807, 2.05) is 0 Å². The van der Waals surface area contributed by atoms with Gasteiger partial charge in [0.25, 0.3) is 0 Å². The molecule has 0 amide bonds. The van der Waals surface area contributed by atoms with Gasteiger partial charge < -0.3 is 4.74 Å². The zero-order valence-corrected chi connectivity index (χ0v) is 10.6. The fraction of sp³-hybridized carbons (Fsp3) is 0.500. The van der Waals surface area contributed by atoms with Crippen LogP contribution in [0, 0.1) is 16.4 Å². The molecule has 1 aliphatic carbocycles. The average molecular weight is 302 g/mol. The maximum Gasteiger partial charge on any atom is 0.132 e. The summed E-state index contributed by atoms with van der Waals surface area (Å²) in [5, 5.41) is 0. The van der Waals surface area contributed by atoms with Crippen molar-refractivity contribution in [1.29, 1.82) is 0 Å². The van der Waals surface area contributed by atoms with E-state index in [0.717, 1.165) is 18.3 Å². The second-order valence-electron chi connectivity index (χ2n) is 4.04. The summed E-state index contributed by atoms with van der Waals surface area (Å²) in [5.74, 6) is 1.86. The number of ether oxygens (including phenoxy) is 1. The van der Waals surface area contributed by atoms with Gasteiger partial charge >= 0.3 is 0 Å². The van der Waals surface area contributed by atoms with Crippen molar-refractivity contribution >= 4 is 22.6 Å². The van der Waals surface area contributed by atoms with Crippen LogP contribution in [0.3, 0.4) is 0 Å². The van der Waals surface area contributed by atoms with Crippen LogP contribution >= 0.6 is 22.6 Å². The molecule has 0 bridgehead atoms. The molecule has 14 heavy (non-hydrogen) atoms. The third-order valence-electron chi connectivity index (χ3n) is 2.79. The van der Waals surface area contributed by atoms with Crippen molar-refractivity contribution in [3.8, 4) is 5.75 Å². The number of rotatable bonds is 3. The quantitative estimate of drug-likeness (QED) is 0.772. The summed E-state index contributed by atoms with van der Waals surface area (Å²) in [6.45, 7) is 3.01. The monoisotopic (exact) mass is 302 g/mol. The smallest absolute Gasteiger partial charge is 0.132 e. The van der Waals surface area contributed by atoms with Gasteiger partial charge in [-0.1, -0.05) is 12.5 Å². The first-order valence-corrected chi connectivity index (χ1v) is 6.22. The maximum absolute atomic E-state index is 5.79. The van der Waals surface area contributed by atoms with Gasteiger partial charge in [-0.05, 0) is 66.0 Å². The van der Waals surface area contributed by atoms with Gasteiger partial charge in [0.2, 0.25) is 0 Å². The lowest BCUT2D eigenvalue weighted by Gasteiger charge is -2.25. The zero-order chi connectivity index (χ0) is 9.97. The first-order chi connectivity index (χ1) is 6.75. The molecule has 0 heterocycles. The van der Waals surface area contributed by atoms with Gasteiger partial charge in [0.05, 0.1) is 10.2 Å². The maximum atomic E-state index is 5.79. The fourth-order valence-corrected chi connectivity index (χ4v) is 2.42. The normalized spacial score (nSPS) is 16.4. The van der Waals surface area contributed by atoms with Crippen LogP contribution in [0.15, 0.2) is 18.2 Å². The Morgan fingerprint density at radius 2 is 2.21 bits per heavy atom. The van der Waals surface area contributed by atoms with Crippen molar-refractivity contribution < 1.29 is 4.74 Å². The van der Waals surface area contributed by atoms with E-state index in [0.29, 0.717) is 0 Å². The number of benzene rings is 1. The Kier molecular flexibility index (Phi) is 3.31. The molecular formula is C12H15IO. The van der Waals surface area contributed by atoms with E-state index in [9.17, 15) is 0 Å². The number of hydrogen-bond acceptors (Lipinski definition) is 1. The highest BCUT2D eigenvalue weighted by atomic mass is 127. The van der Waals surface area contributed by atoms with Crippen LogP contribution in [0.2, 0.25) is 0 Å². The molecule has 0 aromatic heterocycles. The second-order valence-corrected chi connectivity index (χ2v) is 5.20. The predicted molar refractivity (Wildman–Crippen MR) is 66.7 cm³/mol. The minimum Gasteiger partial charge on any atom is -0.492 e. The molecule has 1 nitrogen and oxygen atoms in total. The van der Waals surface area contributed by atoms with Crippen LogP contribution in [0.1, 0.15) is 24.8 Å². The lowest BCUT2D eigenvalue weighted by atomic mass is 9.86. The van der Waals surface area contributed by atoms with E-state index in [4.69, 9.17) is 4.74 Å². The molecule has 2 rings (SSSR count). The summed E-state index contributed by atoms with van der Waals surface area (Å²) in [7, 11) is 0.